The van der Waals surface area contributed by atoms with Crippen LogP contribution in [-0.4, -0.2) is 60.2 Å². The maximum Gasteiger partial charge on any atom is 0.248 e. The van der Waals surface area contributed by atoms with Gasteiger partial charge in [-0.05, 0) is 49.8 Å². The van der Waals surface area contributed by atoms with Gasteiger partial charge in [0.05, 0.1) is 23.0 Å². The summed E-state index contributed by atoms with van der Waals surface area (Å²) in [6.45, 7) is 2.04. The summed E-state index contributed by atoms with van der Waals surface area (Å²) >= 11 is 0. The number of hydrogen-bond donors (Lipinski definition) is 1. The number of rotatable bonds is 7. The van der Waals surface area contributed by atoms with Crippen LogP contribution >= 0.6 is 0 Å². The number of ether oxygens (including phenoxy) is 1. The smallest absolute Gasteiger partial charge is 0.248 e. The molecule has 0 aromatic carbocycles. The zero-order valence-electron chi connectivity index (χ0n) is 19.3. The van der Waals surface area contributed by atoms with E-state index in [-0.39, 0.29) is 18.6 Å². The number of carbonyl (C=O) groups is 1. The van der Waals surface area contributed by atoms with Crippen molar-refractivity contribution in [1.29, 1.82) is 5.26 Å². The van der Waals surface area contributed by atoms with Crippen LogP contribution < -0.4 is 10.2 Å². The van der Waals surface area contributed by atoms with Crippen LogP contribution in [0.2, 0.25) is 0 Å². The first kappa shape index (κ1) is 22.2. The lowest BCUT2D eigenvalue weighted by atomic mass is 10.1. The van der Waals surface area contributed by atoms with Crippen LogP contribution in [0.15, 0.2) is 24.4 Å². The Morgan fingerprint density at radius 2 is 2.12 bits per heavy atom. The molecule has 8 heteroatoms. The number of nitrogens with one attached hydrogen (secondary N) is 1. The molecule has 2 saturated carbocycles. The Labute approximate surface area is 199 Å². The number of hydrogen-bond acceptors (Lipinski definition) is 7. The maximum atomic E-state index is 12.6. The van der Waals surface area contributed by atoms with Gasteiger partial charge in [-0.25, -0.2) is 9.97 Å². The molecule has 1 unspecified atom stereocenters. The van der Waals surface area contributed by atoms with E-state index in [9.17, 15) is 10.1 Å². The number of amides is 1. The predicted octanol–water partition coefficient (Wildman–Crippen LogP) is 3.02. The quantitative estimate of drug-likeness (QED) is 0.640. The molecule has 1 N–H and O–H groups in total. The molecule has 1 atom stereocenters. The van der Waals surface area contributed by atoms with Crippen LogP contribution in [-0.2, 0) is 9.53 Å². The molecular formula is C26H28N6O2. The number of pyridine rings is 2. The van der Waals surface area contributed by atoms with Gasteiger partial charge >= 0.3 is 0 Å². The summed E-state index contributed by atoms with van der Waals surface area (Å²) in [5.74, 6) is 4.88. The third-order valence-electron chi connectivity index (χ3n) is 6.78. The monoisotopic (exact) mass is 456 g/mol. The van der Waals surface area contributed by atoms with Crippen LogP contribution in [0.5, 0.6) is 0 Å². The Balaban J connectivity index is 1.44. The summed E-state index contributed by atoms with van der Waals surface area (Å²) in [4.78, 5) is 26.2. The van der Waals surface area contributed by atoms with E-state index in [2.05, 4.69) is 27.2 Å². The first-order valence-corrected chi connectivity index (χ1v) is 11.8. The number of terminal acetylenes is 1. The molecule has 0 bridgehead atoms. The predicted molar refractivity (Wildman–Crippen MR) is 129 cm³/mol. The van der Waals surface area contributed by atoms with Gasteiger partial charge in [0.15, 0.2) is 0 Å². The van der Waals surface area contributed by atoms with E-state index < -0.39 is 0 Å². The highest BCUT2D eigenvalue weighted by Crippen LogP contribution is 2.45. The van der Waals surface area contributed by atoms with E-state index in [1.807, 2.05) is 17.0 Å². The summed E-state index contributed by atoms with van der Waals surface area (Å²) in [6.07, 6.45) is 11.6. The summed E-state index contributed by atoms with van der Waals surface area (Å²) in [5, 5.41) is 13.3. The third-order valence-corrected chi connectivity index (χ3v) is 6.78. The molecule has 2 aromatic heterocycles. The molecule has 3 fully saturated rings. The second-order valence-electron chi connectivity index (χ2n) is 9.25. The minimum atomic E-state index is 0.0347. The zero-order chi connectivity index (χ0) is 23.7. The van der Waals surface area contributed by atoms with E-state index >= 15 is 0 Å². The van der Waals surface area contributed by atoms with Gasteiger partial charge in [-0.1, -0.05) is 5.92 Å². The summed E-state index contributed by atoms with van der Waals surface area (Å²) in [7, 11) is 1.55. The summed E-state index contributed by atoms with van der Waals surface area (Å²) < 4.78 is 5.10. The van der Waals surface area contributed by atoms with Crippen molar-refractivity contribution in [2.45, 2.75) is 37.6 Å². The molecule has 1 aliphatic heterocycles. The van der Waals surface area contributed by atoms with Gasteiger partial charge in [-0.3, -0.25) is 4.79 Å². The van der Waals surface area contributed by atoms with Gasteiger partial charge in [0.25, 0.3) is 0 Å². The molecule has 0 spiro atoms. The van der Waals surface area contributed by atoms with E-state index in [4.69, 9.17) is 16.1 Å². The second-order valence-corrected chi connectivity index (χ2v) is 9.25. The Bertz CT molecular complexity index is 1170. The van der Waals surface area contributed by atoms with Crippen molar-refractivity contribution in [2.75, 3.05) is 43.6 Å². The molecule has 8 nitrogen and oxygen atoms in total. The Hall–Kier alpha value is -3.62. The number of piperazine rings is 1. The molecule has 3 heterocycles. The first-order valence-electron chi connectivity index (χ1n) is 11.8. The number of anilines is 3. The fourth-order valence-electron chi connectivity index (χ4n) is 4.74. The van der Waals surface area contributed by atoms with E-state index in [0.717, 1.165) is 42.6 Å². The molecule has 34 heavy (non-hydrogen) atoms. The van der Waals surface area contributed by atoms with Crippen LogP contribution in [0, 0.1) is 29.6 Å². The third kappa shape index (κ3) is 4.55. The lowest BCUT2D eigenvalue weighted by Crippen LogP contribution is -2.57. The molecule has 5 rings (SSSR count). The molecule has 3 aliphatic rings. The topological polar surface area (TPSA) is 94.4 Å². The van der Waals surface area contributed by atoms with Gasteiger partial charge in [0.1, 0.15) is 24.3 Å². The van der Waals surface area contributed by atoms with Crippen molar-refractivity contribution in [3.05, 3.63) is 41.2 Å². The largest absolute Gasteiger partial charge is 0.375 e. The van der Waals surface area contributed by atoms with Crippen molar-refractivity contribution in [3.8, 4) is 18.4 Å². The SMILES string of the molecule is C#Cc1ccnc(Nc2cc(C#N)c(N3CCN(C(=O)COC)C(C4CC4)C3)nc2C2CC2)c1. The molecule has 2 aromatic rings. The van der Waals surface area contributed by atoms with Gasteiger partial charge in [0.2, 0.25) is 5.91 Å². The van der Waals surface area contributed by atoms with E-state index in [1.165, 1.54) is 0 Å². The highest BCUT2D eigenvalue weighted by Gasteiger charge is 2.41. The molecule has 2 aliphatic carbocycles. The van der Waals surface area contributed by atoms with Gasteiger partial charge in [0, 0.05) is 44.4 Å². The second kappa shape index (κ2) is 9.32. The van der Waals surface area contributed by atoms with E-state index in [1.54, 1.807) is 19.4 Å². The number of carbonyl (C=O) groups excluding carboxylic acids is 1. The van der Waals surface area contributed by atoms with Crippen LogP contribution in [0.1, 0.15) is 48.4 Å². The Morgan fingerprint density at radius 3 is 2.79 bits per heavy atom. The fourth-order valence-corrected chi connectivity index (χ4v) is 4.74. The molecule has 1 amide bonds. The molecule has 1 saturated heterocycles. The van der Waals surface area contributed by atoms with Crippen molar-refractivity contribution in [1.82, 2.24) is 14.9 Å². The van der Waals surface area contributed by atoms with Gasteiger partial charge in [-0.2, -0.15) is 5.26 Å². The van der Waals surface area contributed by atoms with E-state index in [0.29, 0.717) is 48.7 Å². The number of methoxy groups -OCH3 is 1. The minimum Gasteiger partial charge on any atom is -0.375 e. The van der Waals surface area contributed by atoms with Crippen molar-refractivity contribution < 1.29 is 9.53 Å². The highest BCUT2D eigenvalue weighted by atomic mass is 16.5. The Morgan fingerprint density at radius 1 is 1.29 bits per heavy atom. The van der Waals surface area contributed by atoms with Crippen LogP contribution in [0.3, 0.4) is 0 Å². The number of aromatic nitrogens is 2. The number of nitrogens with zero attached hydrogens (tertiary/aromatic N) is 5. The standard InChI is InChI=1S/C26H28N6O2/c1-3-17-8-9-28-23(12-17)29-21-13-20(14-27)26(30-25(21)19-6-7-19)31-10-11-32(24(33)16-34-2)22(15-31)18-4-5-18/h1,8-9,12-13,18-19,22H,4-7,10-11,15-16H2,2H3,(H,28,29). The summed E-state index contributed by atoms with van der Waals surface area (Å²) in [6, 6.07) is 7.95. The maximum absolute atomic E-state index is 12.6. The molecule has 174 valence electrons. The average Bonchev–Trinajstić information content (AvgIpc) is 3.77. The summed E-state index contributed by atoms with van der Waals surface area (Å²) in [5.41, 5.74) is 3.02. The van der Waals surface area contributed by atoms with Gasteiger partial charge in [-0.15, -0.1) is 6.42 Å². The number of nitriles is 1. The average molecular weight is 457 g/mol. The van der Waals surface area contributed by atoms with Crippen LogP contribution in [0.4, 0.5) is 17.3 Å². The highest BCUT2D eigenvalue weighted by molar-refractivity contribution is 5.78. The van der Waals surface area contributed by atoms with Crippen molar-refractivity contribution >= 4 is 23.2 Å². The lowest BCUT2D eigenvalue weighted by molar-refractivity contribution is -0.138. The normalized spacial score (nSPS) is 19.9. The molecular weight excluding hydrogens is 428 g/mol. The minimum absolute atomic E-state index is 0.0347. The lowest BCUT2D eigenvalue weighted by Gasteiger charge is -2.42. The first-order chi connectivity index (χ1) is 16.6. The fraction of sp³-hybridized carbons (Fsp3) is 0.462. The Kier molecular flexibility index (Phi) is 6.08. The van der Waals surface area contributed by atoms with Crippen molar-refractivity contribution in [2.24, 2.45) is 5.92 Å². The molecule has 0 radical (unpaired) electrons. The zero-order valence-corrected chi connectivity index (χ0v) is 19.3. The van der Waals surface area contributed by atoms with Crippen LogP contribution in [0.25, 0.3) is 0 Å². The van der Waals surface area contributed by atoms with Crippen molar-refractivity contribution in [3.63, 3.8) is 0 Å². The van der Waals surface area contributed by atoms with Gasteiger partial charge < -0.3 is 19.9 Å².